The summed E-state index contributed by atoms with van der Waals surface area (Å²) in [5, 5.41) is 8.41. The Morgan fingerprint density at radius 1 is 0.943 bits per heavy atom. The predicted molar refractivity (Wildman–Crippen MR) is 130 cm³/mol. The van der Waals surface area contributed by atoms with Crippen LogP contribution in [0, 0.1) is 0 Å². The summed E-state index contributed by atoms with van der Waals surface area (Å²) in [5.41, 5.74) is 3.00. The molecule has 0 aromatic heterocycles. The normalized spacial score (nSPS) is 14.7. The highest BCUT2D eigenvalue weighted by Gasteiger charge is 2.33. The lowest BCUT2D eigenvalue weighted by Crippen LogP contribution is -2.34. The van der Waals surface area contributed by atoms with E-state index in [2.05, 4.69) is 10.4 Å². The van der Waals surface area contributed by atoms with Crippen LogP contribution in [0.15, 0.2) is 90.0 Å². The molecule has 178 valence electrons. The van der Waals surface area contributed by atoms with Gasteiger partial charge in [0.25, 0.3) is 11.8 Å². The highest BCUT2D eigenvalue weighted by atomic mass is 16.5. The average Bonchev–Trinajstić information content (AvgIpc) is 3.37. The first-order chi connectivity index (χ1) is 17.0. The summed E-state index contributed by atoms with van der Waals surface area (Å²) in [4.78, 5) is 37.3. The number of hydrazone groups is 1. The van der Waals surface area contributed by atoms with E-state index in [0.29, 0.717) is 17.7 Å². The van der Waals surface area contributed by atoms with Gasteiger partial charge in [-0.25, -0.2) is 5.01 Å². The van der Waals surface area contributed by atoms with E-state index in [0.717, 1.165) is 16.8 Å². The number of rotatable bonds is 8. The lowest BCUT2D eigenvalue weighted by molar-refractivity contribution is -0.152. The van der Waals surface area contributed by atoms with E-state index < -0.39 is 24.4 Å². The third-order valence-corrected chi connectivity index (χ3v) is 5.56. The van der Waals surface area contributed by atoms with Crippen molar-refractivity contribution in [2.75, 3.05) is 20.3 Å². The quantitative estimate of drug-likeness (QED) is 0.508. The zero-order chi connectivity index (χ0) is 24.6. The van der Waals surface area contributed by atoms with E-state index in [9.17, 15) is 14.4 Å². The molecule has 8 nitrogen and oxygen atoms in total. The van der Waals surface area contributed by atoms with Gasteiger partial charge in [0.1, 0.15) is 12.3 Å². The van der Waals surface area contributed by atoms with Crippen LogP contribution in [-0.4, -0.2) is 48.8 Å². The molecule has 0 fully saturated rings. The Morgan fingerprint density at radius 3 is 2.26 bits per heavy atom. The topological polar surface area (TPSA) is 97.3 Å². The second-order valence-corrected chi connectivity index (χ2v) is 7.85. The van der Waals surface area contributed by atoms with Gasteiger partial charge in [-0.05, 0) is 35.4 Å². The molecule has 8 heteroatoms. The van der Waals surface area contributed by atoms with Crippen molar-refractivity contribution in [3.8, 4) is 5.75 Å². The fourth-order valence-corrected chi connectivity index (χ4v) is 3.73. The number of benzene rings is 3. The van der Waals surface area contributed by atoms with Gasteiger partial charge in [-0.1, -0.05) is 60.7 Å². The van der Waals surface area contributed by atoms with Crippen molar-refractivity contribution in [2.45, 2.75) is 12.5 Å². The number of carbonyl (C=O) groups is 3. The molecule has 0 aliphatic carbocycles. The summed E-state index contributed by atoms with van der Waals surface area (Å²) >= 11 is 0. The van der Waals surface area contributed by atoms with Gasteiger partial charge in [-0.15, -0.1) is 0 Å². The van der Waals surface area contributed by atoms with Gasteiger partial charge in [-0.2, -0.15) is 5.10 Å². The molecule has 3 aromatic rings. The molecule has 35 heavy (non-hydrogen) atoms. The SMILES string of the molecule is COc1ccc([C@H]2CC(c3ccccc3)=NN2C(=O)COC(=O)CNC(=O)c2ccccc2)cc1. The van der Waals surface area contributed by atoms with Crippen LogP contribution >= 0.6 is 0 Å². The molecule has 0 saturated heterocycles. The molecule has 0 radical (unpaired) electrons. The Labute approximate surface area is 203 Å². The van der Waals surface area contributed by atoms with E-state index in [4.69, 9.17) is 9.47 Å². The fourth-order valence-electron chi connectivity index (χ4n) is 3.73. The van der Waals surface area contributed by atoms with Gasteiger partial charge in [0, 0.05) is 12.0 Å². The lowest BCUT2D eigenvalue weighted by atomic mass is 9.98. The molecule has 1 heterocycles. The zero-order valence-electron chi connectivity index (χ0n) is 19.2. The molecule has 1 aliphatic heterocycles. The summed E-state index contributed by atoms with van der Waals surface area (Å²) < 4.78 is 10.4. The lowest BCUT2D eigenvalue weighted by Gasteiger charge is -2.22. The first-order valence-corrected chi connectivity index (χ1v) is 11.1. The second kappa shape index (κ2) is 11.1. The van der Waals surface area contributed by atoms with E-state index in [-0.39, 0.29) is 12.6 Å². The number of amides is 2. The Hall–Kier alpha value is -4.46. The molecule has 1 N–H and O–H groups in total. The van der Waals surface area contributed by atoms with Crippen molar-refractivity contribution < 1.29 is 23.9 Å². The molecule has 3 aromatic carbocycles. The number of methoxy groups -OCH3 is 1. The maximum absolute atomic E-state index is 13.0. The first kappa shape index (κ1) is 23.7. The van der Waals surface area contributed by atoms with Crippen LogP contribution in [0.2, 0.25) is 0 Å². The summed E-state index contributed by atoms with van der Waals surface area (Å²) in [6, 6.07) is 25.2. The van der Waals surface area contributed by atoms with E-state index >= 15 is 0 Å². The Kier molecular flexibility index (Phi) is 7.52. The average molecular weight is 472 g/mol. The molecule has 0 saturated carbocycles. The summed E-state index contributed by atoms with van der Waals surface area (Å²) in [6.45, 7) is -0.834. The number of ether oxygens (including phenoxy) is 2. The first-order valence-electron chi connectivity index (χ1n) is 11.1. The maximum Gasteiger partial charge on any atom is 0.325 e. The monoisotopic (exact) mass is 471 g/mol. The van der Waals surface area contributed by atoms with Crippen LogP contribution in [0.4, 0.5) is 0 Å². The van der Waals surface area contributed by atoms with E-state index in [1.807, 2.05) is 54.6 Å². The Morgan fingerprint density at radius 2 is 1.60 bits per heavy atom. The minimum atomic E-state index is -0.713. The highest BCUT2D eigenvalue weighted by molar-refractivity contribution is 6.03. The van der Waals surface area contributed by atoms with Crippen LogP contribution in [-0.2, 0) is 14.3 Å². The minimum Gasteiger partial charge on any atom is -0.497 e. The van der Waals surface area contributed by atoms with Crippen LogP contribution in [0.25, 0.3) is 0 Å². The number of hydrogen-bond donors (Lipinski definition) is 1. The number of nitrogens with zero attached hydrogens (tertiary/aromatic N) is 2. The van der Waals surface area contributed by atoms with Crippen molar-refractivity contribution in [2.24, 2.45) is 5.10 Å². The van der Waals surface area contributed by atoms with Gasteiger partial charge in [0.2, 0.25) is 0 Å². The molecule has 0 bridgehead atoms. The molecular weight excluding hydrogens is 446 g/mol. The number of hydrogen-bond acceptors (Lipinski definition) is 6. The minimum absolute atomic E-state index is 0.346. The van der Waals surface area contributed by atoms with Gasteiger partial charge >= 0.3 is 5.97 Å². The Bertz CT molecular complexity index is 1210. The maximum atomic E-state index is 13.0. The standard InChI is InChI=1S/C27H25N3O5/c1-34-22-14-12-20(13-15-22)24-16-23(19-8-4-2-5-9-19)29-30(24)25(31)18-35-26(32)17-28-27(33)21-10-6-3-7-11-21/h2-15,24H,16-18H2,1H3,(H,28,33)/t24-/m1/s1. The van der Waals surface area contributed by atoms with Crippen molar-refractivity contribution in [1.82, 2.24) is 10.3 Å². The van der Waals surface area contributed by atoms with E-state index in [1.165, 1.54) is 5.01 Å². The second-order valence-electron chi connectivity index (χ2n) is 7.85. The van der Waals surface area contributed by atoms with Crippen molar-refractivity contribution in [3.05, 3.63) is 102 Å². The number of nitrogens with one attached hydrogen (secondary N) is 1. The van der Waals surface area contributed by atoms with Crippen molar-refractivity contribution >= 4 is 23.5 Å². The van der Waals surface area contributed by atoms with Crippen LogP contribution in [0.5, 0.6) is 5.75 Å². The van der Waals surface area contributed by atoms with Crippen LogP contribution in [0.1, 0.15) is 33.9 Å². The fraction of sp³-hybridized carbons (Fsp3) is 0.185. The van der Waals surface area contributed by atoms with Gasteiger partial charge in [0.05, 0.1) is 18.9 Å². The third kappa shape index (κ3) is 5.92. The van der Waals surface area contributed by atoms with Crippen LogP contribution < -0.4 is 10.1 Å². The molecule has 0 spiro atoms. The van der Waals surface area contributed by atoms with E-state index in [1.54, 1.807) is 37.4 Å². The molecule has 1 aliphatic rings. The summed E-state index contributed by atoms with van der Waals surface area (Å²) in [5.74, 6) is -0.861. The van der Waals surface area contributed by atoms with Crippen LogP contribution in [0.3, 0.4) is 0 Å². The smallest absolute Gasteiger partial charge is 0.325 e. The summed E-state index contributed by atoms with van der Waals surface area (Å²) in [7, 11) is 1.59. The largest absolute Gasteiger partial charge is 0.497 e. The molecule has 2 amide bonds. The molecule has 4 rings (SSSR count). The van der Waals surface area contributed by atoms with Gasteiger partial charge < -0.3 is 14.8 Å². The zero-order valence-corrected chi connectivity index (χ0v) is 19.2. The van der Waals surface area contributed by atoms with Crippen molar-refractivity contribution in [3.63, 3.8) is 0 Å². The summed E-state index contributed by atoms with van der Waals surface area (Å²) in [6.07, 6.45) is 0.517. The van der Waals surface area contributed by atoms with Gasteiger partial charge in [0.15, 0.2) is 6.61 Å². The third-order valence-electron chi connectivity index (χ3n) is 5.56. The van der Waals surface area contributed by atoms with Crippen molar-refractivity contribution in [1.29, 1.82) is 0 Å². The number of esters is 1. The Balaban J connectivity index is 1.41. The predicted octanol–water partition coefficient (Wildman–Crippen LogP) is 3.35. The number of carbonyl (C=O) groups excluding carboxylic acids is 3. The molecule has 0 unspecified atom stereocenters. The highest BCUT2D eigenvalue weighted by Crippen LogP contribution is 2.33. The van der Waals surface area contributed by atoms with Gasteiger partial charge in [-0.3, -0.25) is 14.4 Å². The molecule has 1 atom stereocenters. The molecular formula is C27H25N3O5.